The lowest BCUT2D eigenvalue weighted by atomic mass is 10.2. The quantitative estimate of drug-likeness (QED) is 0.378. The second kappa shape index (κ2) is 6.74. The second-order valence-electron chi connectivity index (χ2n) is 1.94. The van der Waals surface area contributed by atoms with Crippen molar-refractivity contribution in [2.75, 3.05) is 0 Å². The van der Waals surface area contributed by atoms with Gasteiger partial charge in [0, 0.05) is 0 Å². The molecule has 0 aliphatic rings. The van der Waals surface area contributed by atoms with E-state index in [0.29, 0.717) is 0 Å². The molecule has 0 heterocycles. The maximum atomic E-state index is 3.64. The molecule has 0 bridgehead atoms. The molecule has 0 rings (SSSR count). The summed E-state index contributed by atoms with van der Waals surface area (Å²) >= 11 is 0. The Bertz CT molecular complexity index is 46.0. The predicted octanol–water partition coefficient (Wildman–Crippen LogP) is 2.96. The summed E-state index contributed by atoms with van der Waals surface area (Å²) in [6.07, 6.45) is 9.16. The fourth-order valence-electron chi connectivity index (χ4n) is 0.584. The fourth-order valence-corrected chi connectivity index (χ4v) is 0.584. The van der Waals surface area contributed by atoms with Crippen molar-refractivity contribution in [3.05, 3.63) is 19.1 Å². The Hall–Kier alpha value is -0.260. The Balaban J connectivity index is 2.62. The van der Waals surface area contributed by atoms with Gasteiger partial charge >= 0.3 is 0 Å². The lowest BCUT2D eigenvalue weighted by molar-refractivity contribution is 0.822. The molecule has 0 aromatic heterocycles. The van der Waals surface area contributed by atoms with Crippen molar-refractivity contribution in [1.29, 1.82) is 0 Å². The summed E-state index contributed by atoms with van der Waals surface area (Å²) in [5.74, 6) is 0. The summed E-state index contributed by atoms with van der Waals surface area (Å²) in [6.45, 7) is 5.84. The molecule has 0 saturated heterocycles. The van der Waals surface area contributed by atoms with E-state index >= 15 is 0 Å². The van der Waals surface area contributed by atoms with Gasteiger partial charge in [0.1, 0.15) is 0 Å². The molecule has 0 atom stereocenters. The van der Waals surface area contributed by atoms with Crippen LogP contribution in [0.2, 0.25) is 0 Å². The van der Waals surface area contributed by atoms with Gasteiger partial charge in [0.05, 0.1) is 0 Å². The molecule has 0 aromatic carbocycles. The highest BCUT2D eigenvalue weighted by Gasteiger charge is 1.82. The van der Waals surface area contributed by atoms with E-state index in [4.69, 9.17) is 0 Å². The highest BCUT2D eigenvalue weighted by atomic mass is 13.9. The first-order chi connectivity index (χ1) is 3.91. The molecule has 0 heteroatoms. The van der Waals surface area contributed by atoms with E-state index in [9.17, 15) is 0 Å². The van der Waals surface area contributed by atoms with Crippen LogP contribution in [0.3, 0.4) is 0 Å². The number of rotatable bonds is 5. The lowest BCUT2D eigenvalue weighted by Crippen LogP contribution is -1.73. The minimum absolute atomic E-state index is 1.14. The van der Waals surface area contributed by atoms with Gasteiger partial charge in [-0.3, -0.25) is 0 Å². The van der Waals surface area contributed by atoms with Gasteiger partial charge in [0.25, 0.3) is 0 Å². The minimum atomic E-state index is 1.14. The first-order valence-electron chi connectivity index (χ1n) is 3.34. The van der Waals surface area contributed by atoms with Crippen LogP contribution >= 0.6 is 0 Å². The number of hydrogen-bond acceptors (Lipinski definition) is 0. The zero-order valence-electron chi connectivity index (χ0n) is 5.69. The predicted molar refractivity (Wildman–Crippen MR) is 38.6 cm³/mol. The number of unbranched alkanes of at least 4 members (excludes halogenated alkanes) is 4. The highest BCUT2D eigenvalue weighted by molar-refractivity contribution is 4.72. The molecular formula is C8H15. The SMILES string of the molecule is C=CCC[CH]CCC. The van der Waals surface area contributed by atoms with E-state index < -0.39 is 0 Å². The summed E-state index contributed by atoms with van der Waals surface area (Å²) in [5.41, 5.74) is 0. The maximum Gasteiger partial charge on any atom is -0.0351 e. The molecule has 0 aliphatic heterocycles. The van der Waals surface area contributed by atoms with Gasteiger partial charge in [-0.15, -0.1) is 6.58 Å². The summed E-state index contributed by atoms with van der Waals surface area (Å²) in [4.78, 5) is 0. The molecule has 0 aromatic rings. The molecule has 1 radical (unpaired) electrons. The molecule has 0 nitrogen and oxygen atoms in total. The molecule has 0 amide bonds. The molecule has 0 saturated carbocycles. The van der Waals surface area contributed by atoms with Crippen LogP contribution < -0.4 is 0 Å². The van der Waals surface area contributed by atoms with E-state index in [1.54, 1.807) is 0 Å². The van der Waals surface area contributed by atoms with Crippen molar-refractivity contribution < 1.29 is 0 Å². The Kier molecular flexibility index (Phi) is 6.52. The Labute approximate surface area is 52.6 Å². The normalized spacial score (nSPS) is 9.12. The van der Waals surface area contributed by atoms with Crippen molar-refractivity contribution in [3.8, 4) is 0 Å². The van der Waals surface area contributed by atoms with Gasteiger partial charge in [-0.2, -0.15) is 0 Å². The van der Waals surface area contributed by atoms with Crippen molar-refractivity contribution in [2.24, 2.45) is 0 Å². The van der Waals surface area contributed by atoms with Crippen molar-refractivity contribution in [3.63, 3.8) is 0 Å². The average Bonchev–Trinajstić information content (AvgIpc) is 1.81. The number of hydrogen-bond donors (Lipinski definition) is 0. The van der Waals surface area contributed by atoms with Crippen LogP contribution in [0.4, 0.5) is 0 Å². The van der Waals surface area contributed by atoms with Crippen LogP contribution in [-0.2, 0) is 0 Å². The van der Waals surface area contributed by atoms with Crippen LogP contribution in [0, 0.1) is 6.42 Å². The molecule has 0 N–H and O–H groups in total. The molecule has 0 spiro atoms. The third kappa shape index (κ3) is 5.74. The molecule has 8 heavy (non-hydrogen) atoms. The first-order valence-corrected chi connectivity index (χ1v) is 3.34. The first kappa shape index (κ1) is 7.74. The van der Waals surface area contributed by atoms with Gasteiger partial charge in [-0.05, 0) is 19.3 Å². The minimum Gasteiger partial charge on any atom is -0.103 e. The van der Waals surface area contributed by atoms with Crippen LogP contribution in [-0.4, -0.2) is 0 Å². The molecule has 0 aliphatic carbocycles. The second-order valence-corrected chi connectivity index (χ2v) is 1.94. The van der Waals surface area contributed by atoms with Crippen LogP contribution in [0.25, 0.3) is 0 Å². The van der Waals surface area contributed by atoms with Gasteiger partial charge in [-0.25, -0.2) is 0 Å². The van der Waals surface area contributed by atoms with Crippen LogP contribution in [0.5, 0.6) is 0 Å². The van der Waals surface area contributed by atoms with Gasteiger partial charge < -0.3 is 0 Å². The molecule has 0 unspecified atom stereocenters. The zero-order chi connectivity index (χ0) is 6.24. The summed E-state index contributed by atoms with van der Waals surface area (Å²) in [7, 11) is 0. The molecule has 47 valence electrons. The van der Waals surface area contributed by atoms with Gasteiger partial charge in [0.2, 0.25) is 0 Å². The highest BCUT2D eigenvalue weighted by Crippen LogP contribution is 1.99. The Morgan fingerprint density at radius 2 is 2.00 bits per heavy atom. The molecule has 0 fully saturated rings. The van der Waals surface area contributed by atoms with E-state index in [1.165, 1.54) is 19.3 Å². The van der Waals surface area contributed by atoms with Crippen molar-refractivity contribution in [2.45, 2.75) is 32.6 Å². The summed E-state index contributed by atoms with van der Waals surface area (Å²) in [5, 5.41) is 0. The monoisotopic (exact) mass is 111 g/mol. The summed E-state index contributed by atoms with van der Waals surface area (Å²) in [6, 6.07) is 0. The average molecular weight is 111 g/mol. The fraction of sp³-hybridized carbons (Fsp3) is 0.625. The van der Waals surface area contributed by atoms with E-state index in [1.807, 2.05) is 6.08 Å². The standard InChI is InChI=1S/C8H15/c1-3-5-7-8-6-4-2/h3,8H,1,4-7H2,2H3. The van der Waals surface area contributed by atoms with Crippen molar-refractivity contribution >= 4 is 0 Å². The van der Waals surface area contributed by atoms with E-state index in [-0.39, 0.29) is 0 Å². The van der Waals surface area contributed by atoms with E-state index in [0.717, 1.165) is 6.42 Å². The van der Waals surface area contributed by atoms with Gasteiger partial charge in [-0.1, -0.05) is 25.8 Å². The lowest BCUT2D eigenvalue weighted by Gasteiger charge is -1.91. The third-order valence-electron chi connectivity index (χ3n) is 1.07. The third-order valence-corrected chi connectivity index (χ3v) is 1.07. The van der Waals surface area contributed by atoms with Crippen molar-refractivity contribution in [1.82, 2.24) is 0 Å². The van der Waals surface area contributed by atoms with Crippen LogP contribution in [0.1, 0.15) is 32.6 Å². The maximum absolute atomic E-state index is 3.64. The molecular weight excluding hydrogens is 96.1 g/mol. The Morgan fingerprint density at radius 1 is 1.25 bits per heavy atom. The zero-order valence-corrected chi connectivity index (χ0v) is 5.69. The smallest absolute Gasteiger partial charge is 0.0351 e. The Morgan fingerprint density at radius 3 is 2.50 bits per heavy atom. The number of allylic oxidation sites excluding steroid dienone is 1. The van der Waals surface area contributed by atoms with Gasteiger partial charge in [0.15, 0.2) is 0 Å². The topological polar surface area (TPSA) is 0 Å². The largest absolute Gasteiger partial charge is 0.103 e. The summed E-state index contributed by atoms with van der Waals surface area (Å²) < 4.78 is 0. The van der Waals surface area contributed by atoms with Crippen LogP contribution in [0.15, 0.2) is 12.7 Å². The van der Waals surface area contributed by atoms with E-state index in [2.05, 4.69) is 19.9 Å².